The Balaban J connectivity index is 2.56. The molecule has 2 heterocycles. The normalized spacial score (nSPS) is 21.4. The first-order valence-electron chi connectivity index (χ1n) is 4.27. The largest absolute Gasteiger partial charge is 0.356 e. The van der Waals surface area contributed by atoms with Crippen LogP contribution in [0.15, 0.2) is 0 Å². The molecule has 1 aromatic rings. The van der Waals surface area contributed by atoms with Gasteiger partial charge >= 0.3 is 0 Å². The molecule has 0 saturated heterocycles. The van der Waals surface area contributed by atoms with Crippen LogP contribution in [0.3, 0.4) is 0 Å². The van der Waals surface area contributed by atoms with Gasteiger partial charge in [-0.3, -0.25) is 9.69 Å². The second-order valence-electron chi connectivity index (χ2n) is 3.39. The highest BCUT2D eigenvalue weighted by Gasteiger charge is 2.34. The first kappa shape index (κ1) is 9.01. The third kappa shape index (κ3) is 1.00. The fourth-order valence-electron chi connectivity index (χ4n) is 1.53. The molecule has 0 radical (unpaired) electrons. The number of hydrogen-bond acceptors (Lipinski definition) is 4. The van der Waals surface area contributed by atoms with E-state index in [0.717, 1.165) is 0 Å². The molecule has 2 rings (SSSR count). The molecule has 6 nitrogen and oxygen atoms in total. The summed E-state index contributed by atoms with van der Waals surface area (Å²) in [7, 11) is 3.23. The van der Waals surface area contributed by atoms with Gasteiger partial charge in [-0.15, -0.1) is 0 Å². The monoisotopic (exact) mass is 196 g/mol. The molecule has 0 spiro atoms. The first-order valence-corrected chi connectivity index (χ1v) is 4.27. The first-order chi connectivity index (χ1) is 6.52. The van der Waals surface area contributed by atoms with E-state index in [1.54, 1.807) is 25.9 Å². The molecule has 1 aliphatic heterocycles. The van der Waals surface area contributed by atoms with Crippen molar-refractivity contribution in [2.45, 2.75) is 13.3 Å². The Bertz CT molecular complexity index is 387. The lowest BCUT2D eigenvalue weighted by atomic mass is 10.3. The van der Waals surface area contributed by atoms with Gasteiger partial charge < -0.3 is 15.0 Å². The van der Waals surface area contributed by atoms with Crippen LogP contribution in [0.1, 0.15) is 16.3 Å². The van der Waals surface area contributed by atoms with Crippen molar-refractivity contribution in [1.29, 1.82) is 0 Å². The van der Waals surface area contributed by atoms with E-state index in [4.69, 9.17) is 0 Å². The molecule has 1 unspecified atom stereocenters. The van der Waals surface area contributed by atoms with Crippen LogP contribution in [0.2, 0.25) is 0 Å². The third-order valence-electron chi connectivity index (χ3n) is 2.36. The number of aromatic amines is 1. The molecule has 0 aliphatic carbocycles. The molecule has 1 atom stereocenters. The Morgan fingerprint density at radius 2 is 2.07 bits per heavy atom. The highest BCUT2D eigenvalue weighted by atomic mass is 16.3. The Morgan fingerprint density at radius 1 is 1.43 bits per heavy atom. The molecule has 0 bridgehead atoms. The summed E-state index contributed by atoms with van der Waals surface area (Å²) in [5.41, 5.74) is 0.429. The van der Waals surface area contributed by atoms with Crippen molar-refractivity contribution in [2.75, 3.05) is 19.0 Å². The maximum atomic E-state index is 11.7. The lowest BCUT2D eigenvalue weighted by Gasteiger charge is -2.35. The standard InChI is InChI=1S/C8H12N4O2/c1-4-9-5-6(10-4)11(2)8(14)12(3)7(5)13/h8,14H,1-3H3,(H,9,10). The molecule has 0 saturated carbocycles. The predicted octanol–water partition coefficient (Wildman–Crippen LogP) is -0.484. The number of imidazole rings is 1. The topological polar surface area (TPSA) is 72.5 Å². The molecular formula is C8H12N4O2. The van der Waals surface area contributed by atoms with Gasteiger partial charge in [0.2, 0.25) is 6.35 Å². The van der Waals surface area contributed by atoms with Gasteiger partial charge in [0.1, 0.15) is 11.5 Å². The van der Waals surface area contributed by atoms with Crippen LogP contribution in [0.4, 0.5) is 5.82 Å². The summed E-state index contributed by atoms with van der Waals surface area (Å²) in [5.74, 6) is 0.919. The SMILES string of the molecule is Cc1nc2c([nH]1)C(=O)N(C)C(O)N2C. The van der Waals surface area contributed by atoms with Gasteiger partial charge in [0.25, 0.3) is 5.91 Å². The van der Waals surface area contributed by atoms with Crippen LogP contribution < -0.4 is 4.90 Å². The molecule has 14 heavy (non-hydrogen) atoms. The summed E-state index contributed by atoms with van der Waals surface area (Å²) in [5, 5.41) is 9.65. The van der Waals surface area contributed by atoms with E-state index in [0.29, 0.717) is 17.3 Å². The third-order valence-corrected chi connectivity index (χ3v) is 2.36. The number of aliphatic hydroxyl groups excluding tert-OH is 1. The number of amides is 1. The zero-order valence-electron chi connectivity index (χ0n) is 8.27. The highest BCUT2D eigenvalue weighted by molar-refractivity contribution is 5.98. The van der Waals surface area contributed by atoms with Crippen molar-refractivity contribution in [3.63, 3.8) is 0 Å². The van der Waals surface area contributed by atoms with E-state index < -0.39 is 6.35 Å². The molecule has 2 N–H and O–H groups in total. The van der Waals surface area contributed by atoms with Gasteiger partial charge in [-0.25, -0.2) is 4.98 Å². The van der Waals surface area contributed by atoms with Crippen molar-refractivity contribution >= 4 is 11.7 Å². The Kier molecular flexibility index (Phi) is 1.75. The molecule has 76 valence electrons. The number of carbonyl (C=O) groups is 1. The Hall–Kier alpha value is -1.56. The number of H-pyrrole nitrogens is 1. The van der Waals surface area contributed by atoms with Gasteiger partial charge in [0, 0.05) is 14.1 Å². The molecule has 0 aromatic carbocycles. The minimum Gasteiger partial charge on any atom is -0.356 e. The zero-order chi connectivity index (χ0) is 10.5. The number of fused-ring (bicyclic) bond motifs is 1. The van der Waals surface area contributed by atoms with Gasteiger partial charge in [0.05, 0.1) is 0 Å². The number of nitrogens with one attached hydrogen (secondary N) is 1. The van der Waals surface area contributed by atoms with Crippen molar-refractivity contribution in [3.05, 3.63) is 11.5 Å². The molecule has 0 fully saturated rings. The maximum absolute atomic E-state index is 11.7. The summed E-state index contributed by atoms with van der Waals surface area (Å²) in [6.07, 6.45) is -0.947. The van der Waals surface area contributed by atoms with Gasteiger partial charge in [-0.1, -0.05) is 0 Å². The number of anilines is 1. The summed E-state index contributed by atoms with van der Waals surface area (Å²) in [6.45, 7) is 1.77. The number of aromatic nitrogens is 2. The lowest BCUT2D eigenvalue weighted by molar-refractivity contribution is 0.0157. The fraction of sp³-hybridized carbons (Fsp3) is 0.500. The van der Waals surface area contributed by atoms with Crippen LogP contribution in [0.5, 0.6) is 0 Å². The summed E-state index contributed by atoms with van der Waals surface area (Å²) in [4.78, 5) is 21.4. The molecule has 1 aromatic heterocycles. The van der Waals surface area contributed by atoms with Crippen molar-refractivity contribution in [2.24, 2.45) is 0 Å². The zero-order valence-corrected chi connectivity index (χ0v) is 8.27. The average Bonchev–Trinajstić information content (AvgIpc) is 2.54. The number of carbonyl (C=O) groups excluding carboxylic acids is 1. The fourth-order valence-corrected chi connectivity index (χ4v) is 1.53. The predicted molar refractivity (Wildman–Crippen MR) is 49.8 cm³/mol. The quantitative estimate of drug-likeness (QED) is 0.587. The summed E-state index contributed by atoms with van der Waals surface area (Å²) in [6, 6.07) is 0. The van der Waals surface area contributed by atoms with Crippen molar-refractivity contribution in [1.82, 2.24) is 14.9 Å². The Morgan fingerprint density at radius 3 is 2.71 bits per heavy atom. The van der Waals surface area contributed by atoms with E-state index in [1.807, 2.05) is 0 Å². The minimum absolute atomic E-state index is 0.244. The summed E-state index contributed by atoms with van der Waals surface area (Å²) < 4.78 is 0. The number of nitrogens with zero attached hydrogens (tertiary/aromatic N) is 3. The van der Waals surface area contributed by atoms with Crippen LogP contribution in [-0.2, 0) is 0 Å². The van der Waals surface area contributed by atoms with E-state index >= 15 is 0 Å². The van der Waals surface area contributed by atoms with E-state index in [2.05, 4.69) is 9.97 Å². The van der Waals surface area contributed by atoms with Crippen LogP contribution in [-0.4, -0.2) is 46.3 Å². The lowest BCUT2D eigenvalue weighted by Crippen LogP contribution is -2.52. The average molecular weight is 196 g/mol. The van der Waals surface area contributed by atoms with Gasteiger partial charge in [0.15, 0.2) is 5.82 Å². The number of rotatable bonds is 0. The number of aryl methyl sites for hydroxylation is 1. The smallest absolute Gasteiger partial charge is 0.277 e. The van der Waals surface area contributed by atoms with Crippen LogP contribution >= 0.6 is 0 Å². The van der Waals surface area contributed by atoms with Gasteiger partial charge in [-0.2, -0.15) is 0 Å². The van der Waals surface area contributed by atoms with E-state index in [9.17, 15) is 9.90 Å². The summed E-state index contributed by atoms with van der Waals surface area (Å²) >= 11 is 0. The van der Waals surface area contributed by atoms with E-state index in [1.165, 1.54) is 4.90 Å². The van der Waals surface area contributed by atoms with E-state index in [-0.39, 0.29) is 5.91 Å². The number of aliphatic hydroxyl groups is 1. The minimum atomic E-state index is -0.947. The highest BCUT2D eigenvalue weighted by Crippen LogP contribution is 2.25. The van der Waals surface area contributed by atoms with Crippen LogP contribution in [0, 0.1) is 6.92 Å². The second-order valence-corrected chi connectivity index (χ2v) is 3.39. The Labute approximate surface area is 81.2 Å². The second kappa shape index (κ2) is 2.71. The van der Waals surface area contributed by atoms with Crippen molar-refractivity contribution < 1.29 is 9.90 Å². The molecule has 1 aliphatic rings. The van der Waals surface area contributed by atoms with Gasteiger partial charge in [-0.05, 0) is 6.92 Å². The molecule has 1 amide bonds. The maximum Gasteiger partial charge on any atom is 0.277 e. The van der Waals surface area contributed by atoms with Crippen molar-refractivity contribution in [3.8, 4) is 0 Å². The molecular weight excluding hydrogens is 184 g/mol. The van der Waals surface area contributed by atoms with Crippen LogP contribution in [0.25, 0.3) is 0 Å². The molecule has 6 heteroatoms. The number of hydrogen-bond donors (Lipinski definition) is 2.